The Bertz CT molecular complexity index is 897. The van der Waals surface area contributed by atoms with Crippen LogP contribution in [-0.4, -0.2) is 20.1 Å². The van der Waals surface area contributed by atoms with E-state index < -0.39 is 4.92 Å². The summed E-state index contributed by atoms with van der Waals surface area (Å²) in [5, 5.41) is 11.1. The molecule has 2 aromatic carbocycles. The van der Waals surface area contributed by atoms with Crippen LogP contribution in [0.5, 0.6) is 0 Å². The fraction of sp³-hybridized carbons (Fsp3) is 0.0588. The van der Waals surface area contributed by atoms with Crippen molar-refractivity contribution in [1.29, 1.82) is 0 Å². The molecule has 3 rings (SSSR count). The fourth-order valence-corrected chi connectivity index (χ4v) is 3.69. The van der Waals surface area contributed by atoms with Gasteiger partial charge in [0.05, 0.1) is 16.4 Å². The van der Waals surface area contributed by atoms with Crippen LogP contribution in [0.2, 0.25) is 5.02 Å². The number of rotatable bonds is 4. The van der Waals surface area contributed by atoms with Crippen molar-refractivity contribution in [3.8, 4) is 0 Å². The van der Waals surface area contributed by atoms with Gasteiger partial charge in [-0.3, -0.25) is 19.8 Å². The SMILES string of the molecule is O=C1S/C(=C\c2ccccc2Cl)C(=S)N1Cc1ccc([N+](=O)[O-])cc1. The molecule has 0 atom stereocenters. The average molecular weight is 391 g/mol. The minimum absolute atomic E-state index is 0.00718. The Morgan fingerprint density at radius 2 is 1.88 bits per heavy atom. The van der Waals surface area contributed by atoms with E-state index in [2.05, 4.69) is 0 Å². The van der Waals surface area contributed by atoms with E-state index in [9.17, 15) is 14.9 Å². The number of hydrogen-bond donors (Lipinski definition) is 0. The van der Waals surface area contributed by atoms with Gasteiger partial charge in [0.2, 0.25) is 0 Å². The first-order valence-corrected chi connectivity index (χ1v) is 8.79. The van der Waals surface area contributed by atoms with E-state index in [-0.39, 0.29) is 17.5 Å². The molecule has 0 radical (unpaired) electrons. The molecule has 0 spiro atoms. The summed E-state index contributed by atoms with van der Waals surface area (Å²) in [4.78, 5) is 25.1. The molecular formula is C17H11ClN2O3S2. The summed E-state index contributed by atoms with van der Waals surface area (Å²) in [6.45, 7) is 0.266. The summed E-state index contributed by atoms with van der Waals surface area (Å²) in [5.41, 5.74) is 1.56. The maximum atomic E-state index is 12.3. The third kappa shape index (κ3) is 3.89. The van der Waals surface area contributed by atoms with Gasteiger partial charge in [-0.1, -0.05) is 54.2 Å². The monoisotopic (exact) mass is 390 g/mol. The second-order valence-electron chi connectivity index (χ2n) is 5.21. The third-order valence-electron chi connectivity index (χ3n) is 3.55. The normalized spacial score (nSPS) is 15.9. The lowest BCUT2D eigenvalue weighted by Crippen LogP contribution is -2.26. The van der Waals surface area contributed by atoms with Crippen molar-refractivity contribution in [2.24, 2.45) is 0 Å². The minimum Gasteiger partial charge on any atom is -0.288 e. The summed E-state index contributed by atoms with van der Waals surface area (Å²) in [6.07, 6.45) is 1.79. The molecule has 0 unspecified atom stereocenters. The van der Waals surface area contributed by atoms with E-state index in [0.717, 1.165) is 22.9 Å². The number of halogens is 1. The molecule has 0 saturated carbocycles. The van der Waals surface area contributed by atoms with Crippen molar-refractivity contribution in [1.82, 2.24) is 4.90 Å². The van der Waals surface area contributed by atoms with E-state index >= 15 is 0 Å². The van der Waals surface area contributed by atoms with Crippen LogP contribution in [0.3, 0.4) is 0 Å². The van der Waals surface area contributed by atoms with Gasteiger partial charge in [0, 0.05) is 17.2 Å². The minimum atomic E-state index is -0.463. The first-order chi connectivity index (χ1) is 12.0. The van der Waals surface area contributed by atoms with E-state index in [1.54, 1.807) is 24.3 Å². The van der Waals surface area contributed by atoms with Crippen molar-refractivity contribution in [2.75, 3.05) is 0 Å². The Morgan fingerprint density at radius 3 is 2.52 bits per heavy atom. The lowest BCUT2D eigenvalue weighted by Gasteiger charge is -2.14. The number of carbonyl (C=O) groups is 1. The molecule has 1 heterocycles. The van der Waals surface area contributed by atoms with Gasteiger partial charge in [-0.2, -0.15) is 0 Å². The summed E-state index contributed by atoms with van der Waals surface area (Å²) in [5.74, 6) is 0. The lowest BCUT2D eigenvalue weighted by atomic mass is 10.2. The highest BCUT2D eigenvalue weighted by Gasteiger charge is 2.31. The maximum absolute atomic E-state index is 12.3. The van der Waals surface area contributed by atoms with Gasteiger partial charge in [0.25, 0.3) is 10.9 Å². The van der Waals surface area contributed by atoms with Crippen LogP contribution in [0.25, 0.3) is 6.08 Å². The van der Waals surface area contributed by atoms with Crippen LogP contribution in [0, 0.1) is 10.1 Å². The highest BCUT2D eigenvalue weighted by Crippen LogP contribution is 2.35. The number of nitrogens with zero attached hydrogens (tertiary/aromatic N) is 2. The molecule has 0 aliphatic carbocycles. The quantitative estimate of drug-likeness (QED) is 0.307. The van der Waals surface area contributed by atoms with Crippen molar-refractivity contribution < 1.29 is 9.72 Å². The second kappa shape index (κ2) is 7.35. The van der Waals surface area contributed by atoms with Gasteiger partial charge in [-0.05, 0) is 35.0 Å². The Morgan fingerprint density at radius 1 is 1.20 bits per heavy atom. The molecule has 8 heteroatoms. The molecule has 1 amide bonds. The standard InChI is InChI=1S/C17H11ClN2O3S2/c18-14-4-2-1-3-12(14)9-15-16(24)19(17(21)25-15)10-11-5-7-13(8-6-11)20(22)23/h1-9H,10H2/b15-9-. The molecule has 126 valence electrons. The summed E-state index contributed by atoms with van der Waals surface area (Å²) in [7, 11) is 0. The molecule has 1 aliphatic rings. The Hall–Kier alpha value is -2.22. The number of amides is 1. The van der Waals surface area contributed by atoms with E-state index in [4.69, 9.17) is 23.8 Å². The van der Waals surface area contributed by atoms with Gasteiger partial charge in [0.15, 0.2) is 0 Å². The van der Waals surface area contributed by atoms with Gasteiger partial charge in [-0.25, -0.2) is 0 Å². The lowest BCUT2D eigenvalue weighted by molar-refractivity contribution is -0.384. The molecule has 0 N–H and O–H groups in total. The number of non-ortho nitro benzene ring substituents is 1. The first kappa shape index (κ1) is 17.6. The highest BCUT2D eigenvalue weighted by molar-refractivity contribution is 8.19. The second-order valence-corrected chi connectivity index (χ2v) is 7.00. The van der Waals surface area contributed by atoms with Gasteiger partial charge in [-0.15, -0.1) is 0 Å². The van der Waals surface area contributed by atoms with Crippen LogP contribution < -0.4 is 0 Å². The Balaban J connectivity index is 1.80. The number of nitro benzene ring substituents is 1. The topological polar surface area (TPSA) is 63.5 Å². The zero-order chi connectivity index (χ0) is 18.0. The van der Waals surface area contributed by atoms with Crippen LogP contribution in [0.4, 0.5) is 10.5 Å². The molecular weight excluding hydrogens is 380 g/mol. The Labute approximate surface area is 158 Å². The van der Waals surface area contributed by atoms with Gasteiger partial charge in [0.1, 0.15) is 4.99 Å². The number of thioether (sulfide) groups is 1. The van der Waals surface area contributed by atoms with E-state index in [1.807, 2.05) is 18.2 Å². The number of hydrogen-bond acceptors (Lipinski definition) is 5. The zero-order valence-electron chi connectivity index (χ0n) is 12.7. The van der Waals surface area contributed by atoms with E-state index in [0.29, 0.717) is 14.9 Å². The summed E-state index contributed by atoms with van der Waals surface area (Å²) < 4.78 is 0. The number of nitro groups is 1. The molecule has 25 heavy (non-hydrogen) atoms. The van der Waals surface area contributed by atoms with Crippen molar-refractivity contribution in [3.05, 3.63) is 79.7 Å². The fourth-order valence-electron chi connectivity index (χ4n) is 2.28. The van der Waals surface area contributed by atoms with Crippen molar-refractivity contribution in [2.45, 2.75) is 6.54 Å². The van der Waals surface area contributed by atoms with Crippen LogP contribution in [0.1, 0.15) is 11.1 Å². The molecule has 2 aromatic rings. The van der Waals surface area contributed by atoms with Crippen LogP contribution in [-0.2, 0) is 6.54 Å². The molecule has 0 bridgehead atoms. The zero-order valence-corrected chi connectivity index (χ0v) is 15.1. The molecule has 1 fully saturated rings. The molecule has 0 aromatic heterocycles. The third-order valence-corrected chi connectivity index (χ3v) is 5.39. The average Bonchev–Trinajstić information content (AvgIpc) is 2.85. The Kier molecular flexibility index (Phi) is 5.17. The van der Waals surface area contributed by atoms with Crippen LogP contribution in [0.15, 0.2) is 53.4 Å². The number of thiocarbonyl (C=S) groups is 1. The largest absolute Gasteiger partial charge is 0.291 e. The smallest absolute Gasteiger partial charge is 0.288 e. The molecule has 1 aliphatic heterocycles. The van der Waals surface area contributed by atoms with Gasteiger partial charge < -0.3 is 0 Å². The summed E-state index contributed by atoms with van der Waals surface area (Å²) in [6, 6.07) is 13.4. The van der Waals surface area contributed by atoms with Gasteiger partial charge >= 0.3 is 0 Å². The van der Waals surface area contributed by atoms with Crippen molar-refractivity contribution in [3.63, 3.8) is 0 Å². The number of benzene rings is 2. The maximum Gasteiger partial charge on any atom is 0.291 e. The summed E-state index contributed by atoms with van der Waals surface area (Å²) >= 11 is 12.6. The van der Waals surface area contributed by atoms with E-state index in [1.165, 1.54) is 17.0 Å². The van der Waals surface area contributed by atoms with Crippen molar-refractivity contribution >= 4 is 57.6 Å². The number of carbonyl (C=O) groups excluding carboxylic acids is 1. The molecule has 1 saturated heterocycles. The highest BCUT2D eigenvalue weighted by atomic mass is 35.5. The predicted octanol–water partition coefficient (Wildman–Crippen LogP) is 5.29. The van der Waals surface area contributed by atoms with Crippen LogP contribution >= 0.6 is 35.6 Å². The molecule has 5 nitrogen and oxygen atoms in total. The predicted molar refractivity (Wildman–Crippen MR) is 104 cm³/mol. The first-order valence-electron chi connectivity index (χ1n) is 7.19.